The molecule has 0 aliphatic rings. The summed E-state index contributed by atoms with van der Waals surface area (Å²) in [5, 5.41) is 10.2. The smallest absolute Gasteiger partial charge is 0.317 e. The number of nitrogens with one attached hydrogen (secondary N) is 2. The second-order valence-corrected chi connectivity index (χ2v) is 8.27. The molecular formula is C25H32FN5O2. The van der Waals surface area contributed by atoms with Gasteiger partial charge in [-0.2, -0.15) is 5.10 Å². The summed E-state index contributed by atoms with van der Waals surface area (Å²) in [5.41, 5.74) is 3.42. The van der Waals surface area contributed by atoms with E-state index < -0.39 is 0 Å². The summed E-state index contributed by atoms with van der Waals surface area (Å²) < 4.78 is 19.1. The molecule has 0 saturated heterocycles. The van der Waals surface area contributed by atoms with E-state index in [-0.39, 0.29) is 11.8 Å². The minimum absolute atomic E-state index is 0.119. The van der Waals surface area contributed by atoms with Crippen molar-refractivity contribution < 1.29 is 13.9 Å². The van der Waals surface area contributed by atoms with Crippen molar-refractivity contribution in [2.24, 2.45) is 0 Å². The Balaban J connectivity index is 1.37. The maximum absolute atomic E-state index is 13.4. The average Bonchev–Trinajstić information content (AvgIpc) is 3.27. The van der Waals surface area contributed by atoms with Crippen LogP contribution in [0.3, 0.4) is 0 Å². The summed E-state index contributed by atoms with van der Waals surface area (Å²) in [6, 6.07) is 15.9. The van der Waals surface area contributed by atoms with Crippen LogP contribution in [0.1, 0.15) is 17.7 Å². The summed E-state index contributed by atoms with van der Waals surface area (Å²) in [6.45, 7) is 2.56. The van der Waals surface area contributed by atoms with Crippen LogP contribution < -0.4 is 10.1 Å². The first-order valence-electron chi connectivity index (χ1n) is 11.1. The van der Waals surface area contributed by atoms with Gasteiger partial charge in [0.05, 0.1) is 5.69 Å². The molecule has 0 spiro atoms. The first kappa shape index (κ1) is 24.3. The van der Waals surface area contributed by atoms with Gasteiger partial charge in [0.2, 0.25) is 0 Å². The summed E-state index contributed by atoms with van der Waals surface area (Å²) in [4.78, 5) is 16.1. The van der Waals surface area contributed by atoms with Gasteiger partial charge >= 0.3 is 6.03 Å². The van der Waals surface area contributed by atoms with Gasteiger partial charge in [-0.25, -0.2) is 9.18 Å². The molecule has 3 aromatic rings. The molecule has 0 aliphatic heterocycles. The molecule has 0 fully saturated rings. The molecule has 7 nitrogen and oxygen atoms in total. The zero-order valence-electron chi connectivity index (χ0n) is 19.5. The standard InChI is InChI=1S/C25H32FN5O2/c1-30(2)14-15-33-23-11-9-19(10-12-23)18-27-25(32)31(3)13-5-8-22-17-24(29-28-22)20-6-4-7-21(26)16-20/h4,6-7,9-12,16-17H,5,8,13-15,18H2,1-3H3,(H,27,32)(H,28,29). The number of rotatable bonds is 11. The first-order valence-corrected chi connectivity index (χ1v) is 11.1. The second-order valence-electron chi connectivity index (χ2n) is 8.27. The van der Waals surface area contributed by atoms with Crippen LogP contribution in [-0.4, -0.2) is 66.9 Å². The van der Waals surface area contributed by atoms with Gasteiger partial charge < -0.3 is 19.9 Å². The highest BCUT2D eigenvalue weighted by Gasteiger charge is 2.09. The van der Waals surface area contributed by atoms with E-state index in [2.05, 4.69) is 20.4 Å². The number of hydrogen-bond donors (Lipinski definition) is 2. The minimum Gasteiger partial charge on any atom is -0.492 e. The highest BCUT2D eigenvalue weighted by molar-refractivity contribution is 5.73. The van der Waals surface area contributed by atoms with E-state index in [1.807, 2.05) is 50.5 Å². The second kappa shape index (κ2) is 12.0. The maximum Gasteiger partial charge on any atom is 0.317 e. The predicted octanol–water partition coefficient (Wildman–Crippen LogP) is 3.93. The number of aromatic nitrogens is 2. The Hall–Kier alpha value is -3.39. The molecule has 0 radical (unpaired) electrons. The molecule has 2 amide bonds. The Labute approximate surface area is 194 Å². The van der Waals surface area contributed by atoms with Crippen molar-refractivity contribution >= 4 is 6.03 Å². The van der Waals surface area contributed by atoms with Crippen LogP contribution in [0.5, 0.6) is 5.75 Å². The Morgan fingerprint density at radius 1 is 1.09 bits per heavy atom. The molecule has 2 aromatic carbocycles. The number of urea groups is 1. The van der Waals surface area contributed by atoms with Crippen molar-refractivity contribution in [3.63, 3.8) is 0 Å². The van der Waals surface area contributed by atoms with E-state index in [4.69, 9.17) is 4.74 Å². The van der Waals surface area contributed by atoms with E-state index in [9.17, 15) is 9.18 Å². The zero-order valence-corrected chi connectivity index (χ0v) is 19.5. The third-order valence-corrected chi connectivity index (χ3v) is 5.21. The Morgan fingerprint density at radius 2 is 1.88 bits per heavy atom. The molecule has 176 valence electrons. The number of benzene rings is 2. The van der Waals surface area contributed by atoms with Crippen LogP contribution in [-0.2, 0) is 13.0 Å². The lowest BCUT2D eigenvalue weighted by Crippen LogP contribution is -2.37. The topological polar surface area (TPSA) is 73.5 Å². The normalized spacial score (nSPS) is 10.9. The number of nitrogens with zero attached hydrogens (tertiary/aromatic N) is 3. The monoisotopic (exact) mass is 453 g/mol. The number of ether oxygens (including phenoxy) is 1. The third-order valence-electron chi connectivity index (χ3n) is 5.21. The Morgan fingerprint density at radius 3 is 2.61 bits per heavy atom. The number of H-pyrrole nitrogens is 1. The third kappa shape index (κ3) is 7.91. The molecule has 0 unspecified atom stereocenters. The molecule has 3 rings (SSSR count). The SMILES string of the molecule is CN(C)CCOc1ccc(CNC(=O)N(C)CCCc2cc(-c3cccc(F)c3)n[nH]2)cc1. The van der Waals surface area contributed by atoms with E-state index in [1.54, 1.807) is 18.0 Å². The Kier molecular flexibility index (Phi) is 8.83. The number of hydrogen-bond acceptors (Lipinski definition) is 4. The van der Waals surface area contributed by atoms with Gasteiger partial charge in [-0.15, -0.1) is 0 Å². The lowest BCUT2D eigenvalue weighted by atomic mass is 10.1. The number of aromatic amines is 1. The number of carbonyl (C=O) groups excluding carboxylic acids is 1. The molecular weight excluding hydrogens is 421 g/mol. The summed E-state index contributed by atoms with van der Waals surface area (Å²) in [5.74, 6) is 0.539. The van der Waals surface area contributed by atoms with Crippen molar-refractivity contribution in [1.82, 2.24) is 25.3 Å². The fourth-order valence-corrected chi connectivity index (χ4v) is 3.26. The number of amides is 2. The van der Waals surface area contributed by atoms with Gasteiger partial charge in [-0.05, 0) is 62.8 Å². The van der Waals surface area contributed by atoms with Crippen LogP contribution in [0, 0.1) is 5.82 Å². The fraction of sp³-hybridized carbons (Fsp3) is 0.360. The van der Waals surface area contributed by atoms with Crippen LogP contribution in [0.25, 0.3) is 11.3 Å². The number of likely N-dealkylation sites (N-methyl/N-ethyl adjacent to an activating group) is 1. The van der Waals surface area contributed by atoms with E-state index in [1.165, 1.54) is 12.1 Å². The number of carbonyl (C=O) groups is 1. The van der Waals surface area contributed by atoms with E-state index in [0.29, 0.717) is 25.4 Å². The lowest BCUT2D eigenvalue weighted by Gasteiger charge is -2.18. The van der Waals surface area contributed by atoms with Crippen LogP contribution >= 0.6 is 0 Å². The molecule has 1 aromatic heterocycles. The fourth-order valence-electron chi connectivity index (χ4n) is 3.26. The molecule has 33 heavy (non-hydrogen) atoms. The molecule has 0 saturated carbocycles. The largest absolute Gasteiger partial charge is 0.492 e. The Bertz CT molecular complexity index is 1020. The van der Waals surface area contributed by atoms with Gasteiger partial charge in [0.1, 0.15) is 18.2 Å². The molecule has 2 N–H and O–H groups in total. The van der Waals surface area contributed by atoms with Crippen molar-refractivity contribution in [2.75, 3.05) is 40.8 Å². The minimum atomic E-state index is -0.283. The number of aryl methyl sites for hydroxylation is 1. The highest BCUT2D eigenvalue weighted by atomic mass is 19.1. The lowest BCUT2D eigenvalue weighted by molar-refractivity contribution is 0.208. The van der Waals surface area contributed by atoms with Crippen molar-refractivity contribution in [2.45, 2.75) is 19.4 Å². The van der Waals surface area contributed by atoms with Gasteiger partial charge in [0.15, 0.2) is 0 Å². The van der Waals surface area contributed by atoms with Gasteiger partial charge in [0.25, 0.3) is 0 Å². The molecule has 8 heteroatoms. The van der Waals surface area contributed by atoms with E-state index in [0.717, 1.165) is 42.0 Å². The number of halogens is 1. The van der Waals surface area contributed by atoms with Crippen molar-refractivity contribution in [1.29, 1.82) is 0 Å². The quantitative estimate of drug-likeness (QED) is 0.461. The summed E-state index contributed by atoms with van der Waals surface area (Å²) >= 11 is 0. The van der Waals surface area contributed by atoms with Gasteiger partial charge in [-0.1, -0.05) is 24.3 Å². The molecule has 0 bridgehead atoms. The molecule has 0 atom stereocenters. The van der Waals surface area contributed by atoms with Crippen molar-refractivity contribution in [3.05, 3.63) is 71.7 Å². The first-order chi connectivity index (χ1) is 15.9. The molecule has 0 aliphatic carbocycles. The van der Waals surface area contributed by atoms with Crippen LogP contribution in [0.2, 0.25) is 0 Å². The predicted molar refractivity (Wildman–Crippen MR) is 128 cm³/mol. The zero-order chi connectivity index (χ0) is 23.6. The summed E-state index contributed by atoms with van der Waals surface area (Å²) in [7, 11) is 5.80. The van der Waals surface area contributed by atoms with Gasteiger partial charge in [-0.3, -0.25) is 5.10 Å². The van der Waals surface area contributed by atoms with Crippen molar-refractivity contribution in [3.8, 4) is 17.0 Å². The highest BCUT2D eigenvalue weighted by Crippen LogP contribution is 2.19. The van der Waals surface area contributed by atoms with Crippen LogP contribution in [0.4, 0.5) is 9.18 Å². The van der Waals surface area contributed by atoms with Crippen LogP contribution in [0.15, 0.2) is 54.6 Å². The molecule has 1 heterocycles. The van der Waals surface area contributed by atoms with Gasteiger partial charge in [0, 0.05) is 37.9 Å². The summed E-state index contributed by atoms with van der Waals surface area (Å²) in [6.07, 6.45) is 1.53. The maximum atomic E-state index is 13.4. The van der Waals surface area contributed by atoms with E-state index >= 15 is 0 Å². The average molecular weight is 454 g/mol.